The molecule has 2 heterocycles. The maximum atomic E-state index is 12.8. The van der Waals surface area contributed by atoms with Gasteiger partial charge in [-0.25, -0.2) is 0 Å². The van der Waals surface area contributed by atoms with Gasteiger partial charge in [-0.05, 0) is 42.0 Å². The van der Waals surface area contributed by atoms with Crippen molar-refractivity contribution < 1.29 is 19.0 Å². The number of pyridine rings is 1. The number of para-hydroxylation sites is 2. The zero-order valence-electron chi connectivity index (χ0n) is 16.5. The van der Waals surface area contributed by atoms with Gasteiger partial charge in [0, 0.05) is 10.8 Å². The van der Waals surface area contributed by atoms with Gasteiger partial charge in [0.25, 0.3) is 0 Å². The van der Waals surface area contributed by atoms with Gasteiger partial charge in [0.1, 0.15) is 26.4 Å². The number of carbonyl (C=O) groups excluding carboxylic acids is 1. The third kappa shape index (κ3) is 3.59. The maximum Gasteiger partial charge on any atom is 0.326 e. The summed E-state index contributed by atoms with van der Waals surface area (Å²) in [7, 11) is 0. The van der Waals surface area contributed by atoms with Crippen LogP contribution in [0.3, 0.4) is 0 Å². The lowest BCUT2D eigenvalue weighted by atomic mass is 10.1. The van der Waals surface area contributed by atoms with E-state index in [4.69, 9.17) is 25.8 Å². The molecule has 0 aliphatic carbocycles. The van der Waals surface area contributed by atoms with Crippen LogP contribution in [0.25, 0.3) is 21.8 Å². The highest BCUT2D eigenvalue weighted by atomic mass is 35.5. The molecule has 0 spiro atoms. The lowest BCUT2D eigenvalue weighted by Gasteiger charge is -2.20. The molecule has 0 atom stereocenters. The van der Waals surface area contributed by atoms with Crippen LogP contribution in [0.5, 0.6) is 11.5 Å². The predicted molar refractivity (Wildman–Crippen MR) is 118 cm³/mol. The van der Waals surface area contributed by atoms with E-state index < -0.39 is 5.97 Å². The maximum absolute atomic E-state index is 12.8. The van der Waals surface area contributed by atoms with Gasteiger partial charge >= 0.3 is 5.97 Å². The Hall–Kier alpha value is -3.51. The van der Waals surface area contributed by atoms with E-state index in [0.29, 0.717) is 57.1 Å². The molecule has 6 nitrogen and oxygen atoms in total. The first kappa shape index (κ1) is 19.5. The van der Waals surface area contributed by atoms with Gasteiger partial charge in [-0.3, -0.25) is 9.59 Å². The Kier molecular flexibility index (Phi) is 5.00. The van der Waals surface area contributed by atoms with E-state index in [1.54, 1.807) is 24.3 Å². The molecule has 0 amide bonds. The Morgan fingerprint density at radius 1 is 0.968 bits per heavy atom. The molecule has 1 aliphatic rings. The van der Waals surface area contributed by atoms with E-state index in [1.165, 1.54) is 0 Å². The van der Waals surface area contributed by atoms with Crippen LogP contribution >= 0.6 is 11.6 Å². The van der Waals surface area contributed by atoms with Crippen molar-refractivity contribution in [2.45, 2.75) is 13.2 Å². The lowest BCUT2D eigenvalue weighted by molar-refractivity contribution is -0.145. The van der Waals surface area contributed by atoms with Gasteiger partial charge < -0.3 is 18.8 Å². The summed E-state index contributed by atoms with van der Waals surface area (Å²) >= 11 is 6.26. The van der Waals surface area contributed by atoms with Crippen molar-refractivity contribution in [3.8, 4) is 11.5 Å². The normalized spacial score (nSPS) is 12.8. The monoisotopic (exact) mass is 435 g/mol. The molecule has 4 aromatic rings. The molecule has 1 aliphatic heterocycles. The number of aromatic nitrogens is 1. The third-order valence-corrected chi connectivity index (χ3v) is 5.50. The Bertz CT molecular complexity index is 1320. The van der Waals surface area contributed by atoms with Crippen LogP contribution in [-0.4, -0.2) is 23.8 Å². The summed E-state index contributed by atoms with van der Waals surface area (Å²) in [5, 5.41) is 1.54. The van der Waals surface area contributed by atoms with Crippen LogP contribution in [0, 0.1) is 0 Å². The minimum atomic E-state index is -0.426. The number of hydrogen-bond acceptors (Lipinski definition) is 5. The Balaban J connectivity index is 1.43. The van der Waals surface area contributed by atoms with Crippen LogP contribution < -0.4 is 14.9 Å². The summed E-state index contributed by atoms with van der Waals surface area (Å²) in [5.41, 5.74) is 2.02. The summed E-state index contributed by atoms with van der Waals surface area (Å²) in [6.07, 6.45) is 0. The first-order chi connectivity index (χ1) is 15.1. The minimum absolute atomic E-state index is 0.0282. The lowest BCUT2D eigenvalue weighted by Crippen LogP contribution is -2.18. The molecular formula is C24H18ClNO5. The number of carbonyl (C=O) groups is 1. The summed E-state index contributed by atoms with van der Waals surface area (Å²) in [5.74, 6) is 0.626. The van der Waals surface area contributed by atoms with Crippen molar-refractivity contribution in [1.82, 2.24) is 4.57 Å². The third-order valence-electron chi connectivity index (χ3n) is 5.22. The fraction of sp³-hybridized carbons (Fsp3) is 0.167. The van der Waals surface area contributed by atoms with Crippen molar-refractivity contribution >= 4 is 39.4 Å². The predicted octanol–water partition coefficient (Wildman–Crippen LogP) is 4.32. The van der Waals surface area contributed by atoms with E-state index in [9.17, 15) is 9.59 Å². The summed E-state index contributed by atoms with van der Waals surface area (Å²) in [4.78, 5) is 25.5. The number of esters is 1. The van der Waals surface area contributed by atoms with Crippen molar-refractivity contribution in [2.24, 2.45) is 0 Å². The topological polar surface area (TPSA) is 66.8 Å². The highest BCUT2D eigenvalue weighted by Crippen LogP contribution is 2.38. The molecular weight excluding hydrogens is 418 g/mol. The molecule has 0 unspecified atom stereocenters. The number of hydrogen-bond donors (Lipinski definition) is 0. The average Bonchev–Trinajstić information content (AvgIpc) is 2.80. The first-order valence-electron chi connectivity index (χ1n) is 9.86. The summed E-state index contributed by atoms with van der Waals surface area (Å²) in [6, 6.07) is 18.0. The number of rotatable bonds is 4. The van der Waals surface area contributed by atoms with E-state index in [-0.39, 0.29) is 18.6 Å². The molecule has 3 aromatic carbocycles. The number of benzene rings is 3. The van der Waals surface area contributed by atoms with E-state index in [0.717, 1.165) is 0 Å². The zero-order chi connectivity index (χ0) is 21.4. The van der Waals surface area contributed by atoms with E-state index >= 15 is 0 Å². The second-order valence-electron chi connectivity index (χ2n) is 7.21. The standard InChI is InChI=1S/C24H18ClNO5/c25-18-11-15(12-21-24(18)30-10-9-29-21)14-31-22(27)13-26-19-7-3-1-5-16(19)23(28)17-6-2-4-8-20(17)26/h1-8,11-12H,9-10,13-14H2. The first-order valence-corrected chi connectivity index (χ1v) is 10.2. The van der Waals surface area contributed by atoms with Crippen LogP contribution in [0.1, 0.15) is 5.56 Å². The molecule has 0 bridgehead atoms. The zero-order valence-corrected chi connectivity index (χ0v) is 17.2. The fourth-order valence-corrected chi connectivity index (χ4v) is 4.12. The smallest absolute Gasteiger partial charge is 0.326 e. The fourth-order valence-electron chi connectivity index (χ4n) is 3.83. The van der Waals surface area contributed by atoms with Gasteiger partial charge in [-0.2, -0.15) is 0 Å². The number of nitrogens with zero attached hydrogens (tertiary/aromatic N) is 1. The molecule has 31 heavy (non-hydrogen) atoms. The molecule has 156 valence electrons. The molecule has 5 rings (SSSR count). The van der Waals surface area contributed by atoms with Crippen molar-refractivity contribution in [3.05, 3.63) is 81.5 Å². The molecule has 0 N–H and O–H groups in total. The molecule has 0 radical (unpaired) electrons. The molecule has 0 fully saturated rings. The highest BCUT2D eigenvalue weighted by Gasteiger charge is 2.18. The van der Waals surface area contributed by atoms with Gasteiger partial charge in [0.05, 0.1) is 16.1 Å². The van der Waals surface area contributed by atoms with Crippen LogP contribution in [0.15, 0.2) is 65.5 Å². The Labute approximate surface area is 182 Å². The van der Waals surface area contributed by atoms with Gasteiger partial charge in [0.15, 0.2) is 16.9 Å². The second kappa shape index (κ2) is 7.96. The van der Waals surface area contributed by atoms with Gasteiger partial charge in [-0.15, -0.1) is 0 Å². The number of fused-ring (bicyclic) bond motifs is 3. The highest BCUT2D eigenvalue weighted by molar-refractivity contribution is 6.32. The van der Waals surface area contributed by atoms with E-state index in [2.05, 4.69) is 0 Å². The molecule has 0 saturated heterocycles. The van der Waals surface area contributed by atoms with Crippen LogP contribution in [0.2, 0.25) is 5.02 Å². The van der Waals surface area contributed by atoms with Crippen molar-refractivity contribution in [1.29, 1.82) is 0 Å². The largest absolute Gasteiger partial charge is 0.486 e. The van der Waals surface area contributed by atoms with Crippen LogP contribution in [0.4, 0.5) is 0 Å². The summed E-state index contributed by atoms with van der Waals surface area (Å²) < 4.78 is 18.4. The number of halogens is 1. The van der Waals surface area contributed by atoms with Gasteiger partial charge in [0.2, 0.25) is 0 Å². The summed E-state index contributed by atoms with van der Waals surface area (Å²) in [6.45, 7) is 0.909. The average molecular weight is 436 g/mol. The van der Waals surface area contributed by atoms with E-state index in [1.807, 2.05) is 41.0 Å². The van der Waals surface area contributed by atoms with Crippen molar-refractivity contribution in [2.75, 3.05) is 13.2 Å². The Morgan fingerprint density at radius 2 is 1.61 bits per heavy atom. The molecule has 1 aromatic heterocycles. The molecule has 7 heteroatoms. The molecule has 0 saturated carbocycles. The van der Waals surface area contributed by atoms with Crippen molar-refractivity contribution in [3.63, 3.8) is 0 Å². The minimum Gasteiger partial charge on any atom is -0.486 e. The van der Waals surface area contributed by atoms with Crippen LogP contribution in [-0.2, 0) is 22.7 Å². The second-order valence-corrected chi connectivity index (χ2v) is 7.62. The number of ether oxygens (including phenoxy) is 3. The Morgan fingerprint density at radius 3 is 2.32 bits per heavy atom. The SMILES string of the molecule is O=C(Cn1c2ccccc2c(=O)c2ccccc21)OCc1cc(Cl)c2c(c1)OCCO2. The quantitative estimate of drug-likeness (QED) is 0.353. The van der Waals surface area contributed by atoms with Gasteiger partial charge in [-0.1, -0.05) is 35.9 Å².